The van der Waals surface area contributed by atoms with Crippen LogP contribution in [0, 0.1) is 0 Å². The third-order valence-electron chi connectivity index (χ3n) is 7.32. The lowest BCUT2D eigenvalue weighted by Gasteiger charge is -2.13. The predicted molar refractivity (Wildman–Crippen MR) is 180 cm³/mol. The van der Waals surface area contributed by atoms with Gasteiger partial charge in [0.2, 0.25) is 0 Å². The van der Waals surface area contributed by atoms with Gasteiger partial charge in [0.25, 0.3) is 0 Å². The number of hydrogen-bond acceptors (Lipinski definition) is 2. The van der Waals surface area contributed by atoms with E-state index in [0.717, 1.165) is 61.6 Å². The van der Waals surface area contributed by atoms with Crippen molar-refractivity contribution in [2.45, 2.75) is 13.3 Å². The average molecular weight is 541 g/mol. The van der Waals surface area contributed by atoms with E-state index < -0.39 is 0 Å². The van der Waals surface area contributed by atoms with Gasteiger partial charge in [-0.3, -0.25) is 9.98 Å². The highest BCUT2D eigenvalue weighted by molar-refractivity contribution is 6.00. The number of hydrogen-bond donors (Lipinski definition) is 0. The molecule has 0 N–H and O–H groups in total. The molecule has 0 saturated heterocycles. The molecular weight excluding hydrogens is 508 g/mol. The van der Waals surface area contributed by atoms with Gasteiger partial charge in [0, 0.05) is 40.6 Å². The summed E-state index contributed by atoms with van der Waals surface area (Å²) in [5, 5.41) is 0. The number of aliphatic imine (C=N–C) groups is 2. The van der Waals surface area contributed by atoms with Crippen LogP contribution in [0.4, 0.5) is 11.4 Å². The summed E-state index contributed by atoms with van der Waals surface area (Å²) in [5.74, 6) is 0. The Morgan fingerprint density at radius 3 is 1.12 bits per heavy atom. The minimum absolute atomic E-state index is 0.634. The minimum atomic E-state index is 0.634. The second-order valence-electron chi connectivity index (χ2n) is 10.2. The molecule has 2 heteroatoms. The number of nitrogens with zero attached hydrogens (tertiary/aromatic N) is 2. The Kier molecular flexibility index (Phi) is 8.24. The number of rotatable bonds is 8. The maximum atomic E-state index is 5.23. The number of para-hydroxylation sites is 2. The van der Waals surface area contributed by atoms with Gasteiger partial charge in [0.1, 0.15) is 0 Å². The first-order valence-electron chi connectivity index (χ1n) is 14.3. The monoisotopic (exact) mass is 540 g/mol. The zero-order chi connectivity index (χ0) is 28.6. The van der Waals surface area contributed by atoms with Gasteiger partial charge in [-0.2, -0.15) is 0 Å². The molecule has 202 valence electrons. The molecule has 0 fully saturated rings. The molecule has 6 aromatic carbocycles. The summed E-state index contributed by atoms with van der Waals surface area (Å²) in [6, 6.07) is 54.8. The van der Waals surface area contributed by atoms with E-state index in [4.69, 9.17) is 9.98 Å². The van der Waals surface area contributed by atoms with Gasteiger partial charge in [-0.1, -0.05) is 158 Å². The van der Waals surface area contributed by atoms with Gasteiger partial charge < -0.3 is 0 Å². The third-order valence-corrected chi connectivity index (χ3v) is 7.32. The number of benzene rings is 6. The van der Waals surface area contributed by atoms with Crippen LogP contribution in [-0.2, 0) is 0 Å². The average Bonchev–Trinajstić information content (AvgIpc) is 3.06. The summed E-state index contributed by atoms with van der Waals surface area (Å²) < 4.78 is 0. The second-order valence-corrected chi connectivity index (χ2v) is 10.2. The maximum Gasteiger partial charge on any atom is 0.0785 e. The van der Waals surface area contributed by atoms with Crippen molar-refractivity contribution >= 4 is 23.3 Å². The Labute approximate surface area is 248 Å². The molecule has 0 heterocycles. The highest BCUT2D eigenvalue weighted by Crippen LogP contribution is 2.40. The Hall–Kier alpha value is -5.34. The summed E-state index contributed by atoms with van der Waals surface area (Å²) in [4.78, 5) is 10.3. The van der Waals surface area contributed by atoms with E-state index in [-0.39, 0.29) is 0 Å². The highest BCUT2D eigenvalue weighted by Gasteiger charge is 2.13. The predicted octanol–water partition coefficient (Wildman–Crippen LogP) is 11.2. The van der Waals surface area contributed by atoms with E-state index in [1.165, 1.54) is 0 Å². The molecule has 42 heavy (non-hydrogen) atoms. The topological polar surface area (TPSA) is 24.7 Å². The van der Waals surface area contributed by atoms with Crippen molar-refractivity contribution < 1.29 is 0 Å². The summed E-state index contributed by atoms with van der Waals surface area (Å²) in [5.41, 5.74) is 12.0. The van der Waals surface area contributed by atoms with Crippen LogP contribution in [0.1, 0.15) is 13.3 Å². The molecule has 6 rings (SSSR count). The highest BCUT2D eigenvalue weighted by atomic mass is 14.8. The Morgan fingerprint density at radius 2 is 0.762 bits per heavy atom. The molecule has 0 aromatic heterocycles. The Balaban J connectivity index is 1.39. The Bertz CT molecular complexity index is 1710. The van der Waals surface area contributed by atoms with Crippen molar-refractivity contribution in [1.82, 2.24) is 0 Å². The van der Waals surface area contributed by atoms with Crippen LogP contribution in [0.25, 0.3) is 44.5 Å². The molecule has 0 aliphatic carbocycles. The van der Waals surface area contributed by atoms with E-state index in [1.807, 2.05) is 30.5 Å². The van der Waals surface area contributed by atoms with Crippen molar-refractivity contribution in [1.29, 1.82) is 0 Å². The standard InChI is InChI=1S/C40H32N2/c1-30(42-40-37(33-20-10-4-11-21-33)26-15-27-38(40)34-22-12-5-13-23-34)28-29-41-39-35(31-16-6-2-7-17-31)24-14-25-36(39)32-18-8-3-9-19-32/h2-27,29H,28H2,1H3. The molecule has 6 aromatic rings. The van der Waals surface area contributed by atoms with Crippen LogP contribution in [0.15, 0.2) is 168 Å². The van der Waals surface area contributed by atoms with Crippen molar-refractivity contribution in [3.8, 4) is 44.5 Å². The molecule has 0 unspecified atom stereocenters. The molecule has 0 bridgehead atoms. The van der Waals surface area contributed by atoms with Crippen molar-refractivity contribution in [2.75, 3.05) is 0 Å². The fraction of sp³-hybridized carbons (Fsp3) is 0.0500. The second kappa shape index (κ2) is 12.9. The van der Waals surface area contributed by atoms with Crippen LogP contribution in [-0.4, -0.2) is 11.9 Å². The van der Waals surface area contributed by atoms with E-state index in [2.05, 4.69) is 140 Å². The normalized spacial score (nSPS) is 11.6. The molecule has 0 saturated carbocycles. The largest absolute Gasteiger partial charge is 0.260 e. The smallest absolute Gasteiger partial charge is 0.0785 e. The van der Waals surface area contributed by atoms with Gasteiger partial charge in [0.05, 0.1) is 11.4 Å². The molecule has 0 radical (unpaired) electrons. The minimum Gasteiger partial charge on any atom is -0.260 e. The van der Waals surface area contributed by atoms with Gasteiger partial charge in [-0.25, -0.2) is 0 Å². The lowest BCUT2D eigenvalue weighted by molar-refractivity contribution is 1.41. The van der Waals surface area contributed by atoms with E-state index >= 15 is 0 Å². The lowest BCUT2D eigenvalue weighted by Crippen LogP contribution is -1.94. The molecule has 0 amide bonds. The van der Waals surface area contributed by atoms with Crippen LogP contribution < -0.4 is 0 Å². The van der Waals surface area contributed by atoms with Gasteiger partial charge in [-0.15, -0.1) is 0 Å². The molecule has 0 atom stereocenters. The van der Waals surface area contributed by atoms with Gasteiger partial charge in [0.15, 0.2) is 0 Å². The van der Waals surface area contributed by atoms with E-state index in [0.29, 0.717) is 6.42 Å². The molecular formula is C40H32N2. The van der Waals surface area contributed by atoms with Gasteiger partial charge in [-0.05, 0) is 29.2 Å². The summed E-state index contributed by atoms with van der Waals surface area (Å²) in [6.45, 7) is 2.09. The quantitative estimate of drug-likeness (QED) is 0.172. The van der Waals surface area contributed by atoms with Gasteiger partial charge >= 0.3 is 0 Å². The summed E-state index contributed by atoms with van der Waals surface area (Å²) in [6.07, 6.45) is 2.63. The molecule has 2 nitrogen and oxygen atoms in total. The molecule has 0 aliphatic heterocycles. The van der Waals surface area contributed by atoms with Crippen LogP contribution in [0.5, 0.6) is 0 Å². The van der Waals surface area contributed by atoms with Crippen LogP contribution in [0.3, 0.4) is 0 Å². The van der Waals surface area contributed by atoms with Crippen LogP contribution in [0.2, 0.25) is 0 Å². The lowest BCUT2D eigenvalue weighted by atomic mass is 9.96. The molecule has 0 spiro atoms. The SMILES string of the molecule is CC(CC=Nc1c(-c2ccccc2)cccc1-c1ccccc1)=Nc1c(-c2ccccc2)cccc1-c1ccccc1. The van der Waals surface area contributed by atoms with E-state index in [1.54, 1.807) is 0 Å². The van der Waals surface area contributed by atoms with Crippen LogP contribution >= 0.6 is 0 Å². The zero-order valence-electron chi connectivity index (χ0n) is 23.7. The fourth-order valence-electron chi connectivity index (χ4n) is 5.25. The van der Waals surface area contributed by atoms with Crippen molar-refractivity contribution in [2.24, 2.45) is 9.98 Å². The van der Waals surface area contributed by atoms with Crippen molar-refractivity contribution in [3.05, 3.63) is 158 Å². The zero-order valence-corrected chi connectivity index (χ0v) is 23.7. The first kappa shape index (κ1) is 26.9. The third kappa shape index (κ3) is 6.04. The first-order chi connectivity index (χ1) is 20.8. The fourth-order valence-corrected chi connectivity index (χ4v) is 5.25. The molecule has 0 aliphatic rings. The van der Waals surface area contributed by atoms with Crippen molar-refractivity contribution in [3.63, 3.8) is 0 Å². The summed E-state index contributed by atoms with van der Waals surface area (Å²) in [7, 11) is 0. The maximum absolute atomic E-state index is 5.23. The van der Waals surface area contributed by atoms with E-state index in [9.17, 15) is 0 Å². The first-order valence-corrected chi connectivity index (χ1v) is 14.3. The Morgan fingerprint density at radius 1 is 0.429 bits per heavy atom. The summed E-state index contributed by atoms with van der Waals surface area (Å²) >= 11 is 0.